The number of nitrogens with one attached hydrogen (secondary N) is 1. The molecule has 2 rings (SSSR count). The first kappa shape index (κ1) is 13.7. The monoisotopic (exact) mass is 271 g/mol. The van der Waals surface area contributed by atoms with E-state index in [4.69, 9.17) is 0 Å². The van der Waals surface area contributed by atoms with Gasteiger partial charge in [-0.25, -0.2) is 0 Å². The van der Waals surface area contributed by atoms with Crippen LogP contribution in [0.15, 0.2) is 65.6 Å². The second-order valence-corrected chi connectivity index (χ2v) is 5.69. The Kier molecular flexibility index (Phi) is 5.04. The summed E-state index contributed by atoms with van der Waals surface area (Å²) < 4.78 is 0. The molecule has 0 aliphatic rings. The fraction of sp³-hybridized carbons (Fsp3) is 0.188. The molecule has 2 nitrogen and oxygen atoms in total. The molecule has 0 aliphatic heterocycles. The molecule has 0 fully saturated rings. The van der Waals surface area contributed by atoms with Crippen LogP contribution in [0.25, 0.3) is 0 Å². The van der Waals surface area contributed by atoms with Crippen molar-refractivity contribution in [2.45, 2.75) is 23.6 Å². The van der Waals surface area contributed by atoms with Gasteiger partial charge in [0.05, 0.1) is 5.25 Å². The molecule has 0 aliphatic carbocycles. The number of benzene rings is 2. The summed E-state index contributed by atoms with van der Waals surface area (Å²) in [5.41, 5.74) is 1.12. The lowest BCUT2D eigenvalue weighted by Crippen LogP contribution is -2.30. The highest BCUT2D eigenvalue weighted by Gasteiger charge is 2.13. The zero-order valence-corrected chi connectivity index (χ0v) is 11.7. The third kappa shape index (κ3) is 4.45. The molecule has 0 saturated heterocycles. The van der Waals surface area contributed by atoms with Gasteiger partial charge < -0.3 is 5.32 Å². The maximum Gasteiger partial charge on any atom is 0.233 e. The van der Waals surface area contributed by atoms with Gasteiger partial charge in [-0.15, -0.1) is 11.8 Å². The Morgan fingerprint density at radius 1 is 1.05 bits per heavy atom. The van der Waals surface area contributed by atoms with Crippen molar-refractivity contribution < 1.29 is 4.79 Å². The second kappa shape index (κ2) is 7.00. The molecular weight excluding hydrogens is 254 g/mol. The van der Waals surface area contributed by atoms with Crippen LogP contribution in [0.2, 0.25) is 0 Å². The molecule has 0 aromatic heterocycles. The van der Waals surface area contributed by atoms with Crippen molar-refractivity contribution in [3.05, 3.63) is 66.2 Å². The summed E-state index contributed by atoms with van der Waals surface area (Å²) >= 11 is 1.57. The Bertz CT molecular complexity index is 513. The van der Waals surface area contributed by atoms with Gasteiger partial charge in [-0.05, 0) is 24.6 Å². The minimum absolute atomic E-state index is 0.0673. The van der Waals surface area contributed by atoms with Crippen molar-refractivity contribution in [3.8, 4) is 0 Å². The minimum Gasteiger partial charge on any atom is -0.351 e. The molecule has 2 aromatic rings. The number of thioether (sulfide) groups is 1. The van der Waals surface area contributed by atoms with Gasteiger partial charge in [0.15, 0.2) is 0 Å². The van der Waals surface area contributed by atoms with Gasteiger partial charge in [-0.2, -0.15) is 0 Å². The Hall–Kier alpha value is -1.74. The normalized spacial score (nSPS) is 11.8. The minimum atomic E-state index is -0.0916. The molecule has 0 unspecified atom stereocenters. The van der Waals surface area contributed by atoms with Gasteiger partial charge in [0, 0.05) is 11.4 Å². The van der Waals surface area contributed by atoms with Gasteiger partial charge in [-0.1, -0.05) is 48.5 Å². The van der Waals surface area contributed by atoms with E-state index in [2.05, 4.69) is 5.32 Å². The van der Waals surface area contributed by atoms with E-state index >= 15 is 0 Å². The number of carbonyl (C=O) groups is 1. The molecule has 98 valence electrons. The fourth-order valence-corrected chi connectivity index (χ4v) is 2.60. The van der Waals surface area contributed by atoms with Crippen molar-refractivity contribution in [2.75, 3.05) is 0 Å². The molecule has 1 amide bonds. The van der Waals surface area contributed by atoms with E-state index < -0.39 is 0 Å². The van der Waals surface area contributed by atoms with E-state index in [-0.39, 0.29) is 11.2 Å². The molecule has 2 aromatic carbocycles. The Balaban J connectivity index is 1.83. The van der Waals surface area contributed by atoms with Gasteiger partial charge in [0.1, 0.15) is 0 Å². The molecule has 3 heteroatoms. The van der Waals surface area contributed by atoms with E-state index in [1.807, 2.05) is 67.6 Å². The third-order valence-electron chi connectivity index (χ3n) is 2.73. The average Bonchev–Trinajstić information content (AvgIpc) is 2.47. The topological polar surface area (TPSA) is 29.1 Å². The van der Waals surface area contributed by atoms with Gasteiger partial charge >= 0.3 is 0 Å². The van der Waals surface area contributed by atoms with Gasteiger partial charge in [0.25, 0.3) is 0 Å². The molecule has 0 radical (unpaired) electrons. The first-order valence-corrected chi connectivity index (χ1v) is 7.17. The predicted octanol–water partition coefficient (Wildman–Crippen LogP) is 3.48. The van der Waals surface area contributed by atoms with E-state index in [0.29, 0.717) is 6.54 Å². The van der Waals surface area contributed by atoms with Crippen molar-refractivity contribution >= 4 is 17.7 Å². The predicted molar refractivity (Wildman–Crippen MR) is 80.0 cm³/mol. The lowest BCUT2D eigenvalue weighted by atomic mass is 10.2. The van der Waals surface area contributed by atoms with Gasteiger partial charge in [0.2, 0.25) is 5.91 Å². The zero-order chi connectivity index (χ0) is 13.5. The maximum atomic E-state index is 12.0. The highest BCUT2D eigenvalue weighted by Crippen LogP contribution is 2.22. The molecule has 0 spiro atoms. The molecule has 0 heterocycles. The molecule has 1 atom stereocenters. The van der Waals surface area contributed by atoms with Crippen molar-refractivity contribution in [1.82, 2.24) is 5.32 Å². The Morgan fingerprint density at radius 3 is 2.26 bits per heavy atom. The molecular formula is C16H17NOS. The number of carbonyl (C=O) groups excluding carboxylic acids is 1. The van der Waals surface area contributed by atoms with Crippen molar-refractivity contribution in [3.63, 3.8) is 0 Å². The van der Waals surface area contributed by atoms with Crippen LogP contribution in [-0.4, -0.2) is 11.2 Å². The molecule has 1 N–H and O–H groups in total. The van der Waals surface area contributed by atoms with E-state index in [1.165, 1.54) is 0 Å². The van der Waals surface area contributed by atoms with Crippen LogP contribution in [-0.2, 0) is 11.3 Å². The van der Waals surface area contributed by atoms with E-state index in [1.54, 1.807) is 11.8 Å². The first-order chi connectivity index (χ1) is 9.25. The largest absolute Gasteiger partial charge is 0.351 e. The number of hydrogen-bond acceptors (Lipinski definition) is 2. The molecule has 0 bridgehead atoms. The van der Waals surface area contributed by atoms with Crippen molar-refractivity contribution in [2.24, 2.45) is 0 Å². The van der Waals surface area contributed by atoms with Crippen LogP contribution in [0, 0.1) is 0 Å². The van der Waals surface area contributed by atoms with E-state index in [0.717, 1.165) is 10.5 Å². The summed E-state index contributed by atoms with van der Waals surface area (Å²) in [6, 6.07) is 19.9. The number of amides is 1. The van der Waals surface area contributed by atoms with Crippen LogP contribution in [0.4, 0.5) is 0 Å². The fourth-order valence-electron chi connectivity index (χ4n) is 1.69. The molecule has 0 saturated carbocycles. The van der Waals surface area contributed by atoms with Crippen LogP contribution in [0.1, 0.15) is 12.5 Å². The van der Waals surface area contributed by atoms with Gasteiger partial charge in [-0.3, -0.25) is 4.79 Å². The standard InChI is InChI=1S/C16H17NOS/c1-13(19-15-10-6-3-7-11-15)16(18)17-12-14-8-4-2-5-9-14/h2-11,13H,12H2,1H3,(H,17,18)/t13-/m0/s1. The zero-order valence-electron chi connectivity index (χ0n) is 10.9. The van der Waals surface area contributed by atoms with Crippen LogP contribution in [0.3, 0.4) is 0 Å². The summed E-state index contributed by atoms with van der Waals surface area (Å²) in [5.74, 6) is 0.0673. The summed E-state index contributed by atoms with van der Waals surface area (Å²) in [7, 11) is 0. The van der Waals surface area contributed by atoms with Crippen LogP contribution < -0.4 is 5.32 Å². The first-order valence-electron chi connectivity index (χ1n) is 6.29. The second-order valence-electron chi connectivity index (χ2n) is 4.28. The highest BCUT2D eigenvalue weighted by molar-refractivity contribution is 8.00. The van der Waals surface area contributed by atoms with Crippen LogP contribution in [0.5, 0.6) is 0 Å². The number of hydrogen-bond donors (Lipinski definition) is 1. The summed E-state index contributed by atoms with van der Waals surface area (Å²) in [4.78, 5) is 13.1. The molecule has 19 heavy (non-hydrogen) atoms. The lowest BCUT2D eigenvalue weighted by molar-refractivity contribution is -0.120. The Labute approximate surface area is 118 Å². The maximum absolute atomic E-state index is 12.0. The summed E-state index contributed by atoms with van der Waals surface area (Å²) in [6.07, 6.45) is 0. The van der Waals surface area contributed by atoms with Crippen LogP contribution >= 0.6 is 11.8 Å². The number of rotatable bonds is 5. The van der Waals surface area contributed by atoms with E-state index in [9.17, 15) is 4.79 Å². The highest BCUT2D eigenvalue weighted by atomic mass is 32.2. The summed E-state index contributed by atoms with van der Waals surface area (Å²) in [6.45, 7) is 2.51. The van der Waals surface area contributed by atoms with Crippen molar-refractivity contribution in [1.29, 1.82) is 0 Å². The quantitative estimate of drug-likeness (QED) is 0.844. The smallest absolute Gasteiger partial charge is 0.233 e. The third-order valence-corrected chi connectivity index (χ3v) is 3.85. The average molecular weight is 271 g/mol. The SMILES string of the molecule is C[C@H](Sc1ccccc1)C(=O)NCc1ccccc1. The lowest BCUT2D eigenvalue weighted by Gasteiger charge is -2.12. The Morgan fingerprint density at radius 2 is 1.63 bits per heavy atom. The summed E-state index contributed by atoms with van der Waals surface area (Å²) in [5, 5.41) is 2.87.